The average Bonchev–Trinajstić information content (AvgIpc) is 2.45. The monoisotopic (exact) mass is 273 g/mol. The molecule has 0 amide bonds. The minimum atomic E-state index is -0.137. The summed E-state index contributed by atoms with van der Waals surface area (Å²) in [5, 5.41) is 13.3. The lowest BCUT2D eigenvalue weighted by Crippen LogP contribution is -2.44. The van der Waals surface area contributed by atoms with Crippen LogP contribution in [0.15, 0.2) is 23.4 Å². The summed E-state index contributed by atoms with van der Waals surface area (Å²) in [5.41, 5.74) is 3.54. The second-order valence-corrected chi connectivity index (χ2v) is 6.34. The first-order chi connectivity index (χ1) is 9.69. The van der Waals surface area contributed by atoms with E-state index in [0.29, 0.717) is 5.92 Å². The minimum absolute atomic E-state index is 0.137. The SMILES string of the molecule is COc1ccc2c(c1)C1(C)CCCCCC(C2)/C1=N\O. The van der Waals surface area contributed by atoms with Gasteiger partial charge in [0.25, 0.3) is 0 Å². The van der Waals surface area contributed by atoms with Crippen LogP contribution in [0.4, 0.5) is 0 Å². The smallest absolute Gasteiger partial charge is 0.119 e. The molecule has 0 spiro atoms. The van der Waals surface area contributed by atoms with Crippen LogP contribution >= 0.6 is 0 Å². The van der Waals surface area contributed by atoms with Crippen LogP contribution in [0.25, 0.3) is 0 Å². The Hall–Kier alpha value is -1.51. The van der Waals surface area contributed by atoms with E-state index in [-0.39, 0.29) is 5.41 Å². The molecule has 0 radical (unpaired) electrons. The van der Waals surface area contributed by atoms with Gasteiger partial charge in [-0.1, -0.05) is 37.4 Å². The zero-order valence-corrected chi connectivity index (χ0v) is 12.4. The lowest BCUT2D eigenvalue weighted by atomic mass is 9.61. The van der Waals surface area contributed by atoms with E-state index in [1.54, 1.807) is 7.11 Å². The van der Waals surface area contributed by atoms with Crippen LogP contribution < -0.4 is 4.74 Å². The molecule has 2 aliphatic rings. The fourth-order valence-electron chi connectivity index (χ4n) is 4.06. The highest BCUT2D eigenvalue weighted by Gasteiger charge is 2.43. The molecule has 0 saturated heterocycles. The number of rotatable bonds is 1. The lowest BCUT2D eigenvalue weighted by Gasteiger charge is -2.42. The summed E-state index contributed by atoms with van der Waals surface area (Å²) < 4.78 is 5.39. The third kappa shape index (κ3) is 2.00. The molecular weight excluding hydrogens is 250 g/mol. The highest BCUT2D eigenvalue weighted by atomic mass is 16.5. The number of fused-ring (bicyclic) bond motifs is 4. The molecule has 2 unspecified atom stereocenters. The fraction of sp³-hybridized carbons (Fsp3) is 0.588. The van der Waals surface area contributed by atoms with Gasteiger partial charge in [0.2, 0.25) is 0 Å². The van der Waals surface area contributed by atoms with Crippen LogP contribution in [0.2, 0.25) is 0 Å². The number of hydrogen-bond acceptors (Lipinski definition) is 3. The van der Waals surface area contributed by atoms with Gasteiger partial charge in [-0.25, -0.2) is 0 Å². The molecule has 1 aromatic rings. The summed E-state index contributed by atoms with van der Waals surface area (Å²) in [6.07, 6.45) is 6.91. The van der Waals surface area contributed by atoms with Gasteiger partial charge in [-0.05, 0) is 42.5 Å². The predicted octanol–water partition coefficient (Wildman–Crippen LogP) is 3.92. The standard InChI is InChI=1S/C17H23NO2/c1-17-9-5-3-4-6-13(16(17)18-19)10-12-7-8-14(20-2)11-15(12)17/h7-8,11,13,19H,3-6,9-10H2,1-2H3/b18-16+. The maximum Gasteiger partial charge on any atom is 0.119 e. The second-order valence-electron chi connectivity index (χ2n) is 6.34. The second kappa shape index (κ2) is 5.12. The Morgan fingerprint density at radius 3 is 2.90 bits per heavy atom. The van der Waals surface area contributed by atoms with E-state index in [2.05, 4.69) is 24.2 Å². The minimum Gasteiger partial charge on any atom is -0.497 e. The quantitative estimate of drug-likeness (QED) is 0.622. The van der Waals surface area contributed by atoms with Crippen molar-refractivity contribution in [3.63, 3.8) is 0 Å². The van der Waals surface area contributed by atoms with Gasteiger partial charge in [0.05, 0.1) is 12.8 Å². The van der Waals surface area contributed by atoms with Gasteiger partial charge in [-0.2, -0.15) is 0 Å². The molecular formula is C17H23NO2. The topological polar surface area (TPSA) is 41.8 Å². The highest BCUT2D eigenvalue weighted by molar-refractivity contribution is 5.98. The van der Waals surface area contributed by atoms with Crippen molar-refractivity contribution in [2.24, 2.45) is 11.1 Å². The third-order valence-electron chi connectivity index (χ3n) is 5.17. The molecule has 1 fully saturated rings. The van der Waals surface area contributed by atoms with Gasteiger partial charge in [0, 0.05) is 11.3 Å². The van der Waals surface area contributed by atoms with E-state index in [4.69, 9.17) is 4.74 Å². The number of ether oxygens (including phenoxy) is 1. The molecule has 0 aliphatic heterocycles. The Balaban J connectivity index is 2.16. The van der Waals surface area contributed by atoms with Gasteiger partial charge >= 0.3 is 0 Å². The van der Waals surface area contributed by atoms with E-state index in [9.17, 15) is 5.21 Å². The summed E-state index contributed by atoms with van der Waals surface area (Å²) >= 11 is 0. The molecule has 3 heteroatoms. The number of oxime groups is 1. The van der Waals surface area contributed by atoms with Crippen molar-refractivity contribution in [1.82, 2.24) is 0 Å². The predicted molar refractivity (Wildman–Crippen MR) is 79.8 cm³/mol. The van der Waals surface area contributed by atoms with Crippen molar-refractivity contribution in [2.75, 3.05) is 7.11 Å². The normalized spacial score (nSPS) is 31.3. The van der Waals surface area contributed by atoms with E-state index in [1.807, 2.05) is 6.07 Å². The van der Waals surface area contributed by atoms with Crippen molar-refractivity contribution in [3.05, 3.63) is 29.3 Å². The Kier molecular flexibility index (Phi) is 3.45. The Labute approximate surface area is 120 Å². The summed E-state index contributed by atoms with van der Waals surface area (Å²) in [6, 6.07) is 6.37. The number of hydrogen-bond donors (Lipinski definition) is 1. The summed E-state index contributed by atoms with van der Waals surface area (Å²) in [5.74, 6) is 1.29. The van der Waals surface area contributed by atoms with Crippen LogP contribution in [0.1, 0.15) is 50.2 Å². The van der Waals surface area contributed by atoms with E-state index in [0.717, 1.165) is 30.7 Å². The largest absolute Gasteiger partial charge is 0.497 e. The molecule has 20 heavy (non-hydrogen) atoms. The van der Waals surface area contributed by atoms with Crippen LogP contribution in [-0.4, -0.2) is 18.0 Å². The van der Waals surface area contributed by atoms with Gasteiger partial charge in [-0.3, -0.25) is 0 Å². The van der Waals surface area contributed by atoms with Crippen LogP contribution in [0.5, 0.6) is 5.75 Å². The van der Waals surface area contributed by atoms with Crippen LogP contribution in [0, 0.1) is 5.92 Å². The highest BCUT2D eigenvalue weighted by Crippen LogP contribution is 2.45. The van der Waals surface area contributed by atoms with Crippen molar-refractivity contribution < 1.29 is 9.94 Å². The number of nitrogens with zero attached hydrogens (tertiary/aromatic N) is 1. The molecule has 108 valence electrons. The first-order valence-corrected chi connectivity index (χ1v) is 7.59. The van der Waals surface area contributed by atoms with Crippen molar-refractivity contribution >= 4 is 5.71 Å². The molecule has 0 aromatic heterocycles. The van der Waals surface area contributed by atoms with Gasteiger partial charge in [-0.15, -0.1) is 0 Å². The molecule has 2 atom stereocenters. The number of methoxy groups -OCH3 is 1. The van der Waals surface area contributed by atoms with Crippen LogP contribution in [-0.2, 0) is 11.8 Å². The molecule has 1 N–H and O–H groups in total. The van der Waals surface area contributed by atoms with Crippen molar-refractivity contribution in [1.29, 1.82) is 0 Å². The molecule has 3 nitrogen and oxygen atoms in total. The first kappa shape index (κ1) is 13.5. The molecule has 3 rings (SSSR count). The third-order valence-corrected chi connectivity index (χ3v) is 5.17. The maximum absolute atomic E-state index is 9.59. The van der Waals surface area contributed by atoms with E-state index >= 15 is 0 Å². The van der Waals surface area contributed by atoms with Crippen LogP contribution in [0.3, 0.4) is 0 Å². The Morgan fingerprint density at radius 2 is 2.15 bits per heavy atom. The summed E-state index contributed by atoms with van der Waals surface area (Å²) in [4.78, 5) is 0. The van der Waals surface area contributed by atoms with Crippen molar-refractivity contribution in [2.45, 2.75) is 50.9 Å². The number of benzene rings is 1. The lowest BCUT2D eigenvalue weighted by molar-refractivity contribution is 0.296. The molecule has 1 saturated carbocycles. The average molecular weight is 273 g/mol. The summed E-state index contributed by atoms with van der Waals surface area (Å²) in [6.45, 7) is 2.23. The van der Waals surface area contributed by atoms with E-state index in [1.165, 1.54) is 30.4 Å². The molecule has 0 heterocycles. The van der Waals surface area contributed by atoms with E-state index < -0.39 is 0 Å². The van der Waals surface area contributed by atoms with Gasteiger partial charge in [0.1, 0.15) is 5.75 Å². The molecule has 2 aliphatic carbocycles. The molecule has 2 bridgehead atoms. The first-order valence-electron chi connectivity index (χ1n) is 7.59. The zero-order chi connectivity index (χ0) is 14.2. The van der Waals surface area contributed by atoms with Gasteiger partial charge in [0.15, 0.2) is 0 Å². The Morgan fingerprint density at radius 1 is 1.30 bits per heavy atom. The Bertz CT molecular complexity index is 538. The maximum atomic E-state index is 9.59. The fourth-order valence-corrected chi connectivity index (χ4v) is 4.06. The van der Waals surface area contributed by atoms with Crippen molar-refractivity contribution in [3.8, 4) is 5.75 Å². The van der Waals surface area contributed by atoms with Gasteiger partial charge < -0.3 is 9.94 Å². The summed E-state index contributed by atoms with van der Waals surface area (Å²) in [7, 11) is 1.70. The molecule has 1 aromatic carbocycles. The zero-order valence-electron chi connectivity index (χ0n) is 12.4.